The minimum Gasteiger partial charge on any atom is -0.338 e. The third-order valence-electron chi connectivity index (χ3n) is 5.57. The van der Waals surface area contributed by atoms with Crippen molar-refractivity contribution in [3.8, 4) is 0 Å². The molecule has 144 valence electrons. The average Bonchev–Trinajstić information content (AvgIpc) is 2.67. The molecule has 2 amide bonds. The summed E-state index contributed by atoms with van der Waals surface area (Å²) in [4.78, 5) is 14.5. The maximum Gasteiger partial charge on any atom is 0.317 e. The number of piperidine rings is 2. The van der Waals surface area contributed by atoms with E-state index in [1.165, 1.54) is 0 Å². The molecule has 1 aromatic carbocycles. The van der Waals surface area contributed by atoms with Gasteiger partial charge >= 0.3 is 6.03 Å². The molecule has 0 atom stereocenters. The molecule has 2 aliphatic heterocycles. The lowest BCUT2D eigenvalue weighted by molar-refractivity contribution is 0.170. The molecule has 0 aliphatic carbocycles. The van der Waals surface area contributed by atoms with Crippen LogP contribution in [0.2, 0.25) is 0 Å². The molecule has 0 spiro atoms. The Morgan fingerprint density at radius 3 is 2.27 bits per heavy atom. The second-order valence-corrected chi connectivity index (χ2v) is 9.45. The summed E-state index contributed by atoms with van der Waals surface area (Å²) in [5, 5.41) is 3.04. The van der Waals surface area contributed by atoms with E-state index >= 15 is 0 Å². The zero-order valence-electron chi connectivity index (χ0n) is 15.4. The second-order valence-electron chi connectivity index (χ2n) is 7.52. The van der Waals surface area contributed by atoms with Crippen LogP contribution in [0.15, 0.2) is 35.2 Å². The summed E-state index contributed by atoms with van der Waals surface area (Å²) in [6, 6.07) is 8.61. The first-order chi connectivity index (χ1) is 12.5. The molecule has 0 aromatic heterocycles. The molecule has 1 N–H and O–H groups in total. The monoisotopic (exact) mass is 379 g/mol. The van der Waals surface area contributed by atoms with E-state index in [1.807, 2.05) is 11.0 Å². The van der Waals surface area contributed by atoms with Gasteiger partial charge in [-0.15, -0.1) is 0 Å². The molecule has 0 saturated carbocycles. The fourth-order valence-corrected chi connectivity index (χ4v) is 5.14. The summed E-state index contributed by atoms with van der Waals surface area (Å²) in [5.41, 5.74) is 0. The zero-order chi connectivity index (χ0) is 18.6. The van der Waals surface area contributed by atoms with E-state index in [-0.39, 0.29) is 6.03 Å². The maximum atomic E-state index is 12.6. The van der Waals surface area contributed by atoms with Crippen LogP contribution in [0, 0.1) is 11.8 Å². The highest BCUT2D eigenvalue weighted by Crippen LogP contribution is 2.23. The van der Waals surface area contributed by atoms with Crippen LogP contribution in [0.4, 0.5) is 4.79 Å². The Kier molecular flexibility index (Phi) is 6.19. The van der Waals surface area contributed by atoms with E-state index in [0.717, 1.165) is 38.8 Å². The summed E-state index contributed by atoms with van der Waals surface area (Å²) >= 11 is 0. The lowest BCUT2D eigenvalue weighted by atomic mass is 9.98. The number of urea groups is 1. The highest BCUT2D eigenvalue weighted by Gasteiger charge is 2.29. The van der Waals surface area contributed by atoms with E-state index in [2.05, 4.69) is 12.2 Å². The number of carbonyl (C=O) groups is 1. The molecule has 0 radical (unpaired) electrons. The molecule has 2 heterocycles. The van der Waals surface area contributed by atoms with Crippen molar-refractivity contribution < 1.29 is 13.2 Å². The van der Waals surface area contributed by atoms with Gasteiger partial charge in [-0.2, -0.15) is 4.31 Å². The molecular weight excluding hydrogens is 350 g/mol. The van der Waals surface area contributed by atoms with Gasteiger partial charge in [0.25, 0.3) is 0 Å². The first-order valence-corrected chi connectivity index (χ1v) is 11.0. The molecule has 2 fully saturated rings. The van der Waals surface area contributed by atoms with Crippen LogP contribution >= 0.6 is 0 Å². The first kappa shape index (κ1) is 19.2. The lowest BCUT2D eigenvalue weighted by Gasteiger charge is -2.33. The molecular formula is C19H29N3O3S. The minimum atomic E-state index is -3.40. The Balaban J connectivity index is 1.45. The van der Waals surface area contributed by atoms with Crippen molar-refractivity contribution in [2.45, 2.75) is 37.5 Å². The van der Waals surface area contributed by atoms with Crippen molar-refractivity contribution in [3.63, 3.8) is 0 Å². The van der Waals surface area contributed by atoms with Crippen molar-refractivity contribution in [1.82, 2.24) is 14.5 Å². The van der Waals surface area contributed by atoms with Gasteiger partial charge in [-0.1, -0.05) is 25.1 Å². The van der Waals surface area contributed by atoms with Gasteiger partial charge in [0.15, 0.2) is 0 Å². The predicted octanol–water partition coefficient (Wildman–Crippen LogP) is 2.53. The Bertz CT molecular complexity index is 692. The molecule has 6 nitrogen and oxygen atoms in total. The number of hydrogen-bond acceptors (Lipinski definition) is 3. The molecule has 2 saturated heterocycles. The SMILES string of the molecule is CC1CCN(C(=O)NCC2CCN(S(=O)(=O)c3ccccc3)CC2)CC1. The third kappa shape index (κ3) is 4.57. The number of rotatable bonds is 4. The van der Waals surface area contributed by atoms with Gasteiger partial charge in [0.05, 0.1) is 4.90 Å². The quantitative estimate of drug-likeness (QED) is 0.874. The highest BCUT2D eigenvalue weighted by atomic mass is 32.2. The van der Waals surface area contributed by atoms with Crippen LogP contribution < -0.4 is 5.32 Å². The average molecular weight is 380 g/mol. The number of nitrogens with zero attached hydrogens (tertiary/aromatic N) is 2. The van der Waals surface area contributed by atoms with E-state index in [0.29, 0.717) is 36.4 Å². The number of hydrogen-bond donors (Lipinski definition) is 1. The number of sulfonamides is 1. The molecule has 2 aliphatic rings. The second kappa shape index (κ2) is 8.39. The first-order valence-electron chi connectivity index (χ1n) is 9.55. The van der Waals surface area contributed by atoms with Gasteiger partial charge in [0.2, 0.25) is 10.0 Å². The highest BCUT2D eigenvalue weighted by molar-refractivity contribution is 7.89. The van der Waals surface area contributed by atoms with Crippen molar-refractivity contribution >= 4 is 16.1 Å². The largest absolute Gasteiger partial charge is 0.338 e. The van der Waals surface area contributed by atoms with Crippen molar-refractivity contribution in [3.05, 3.63) is 30.3 Å². The Labute approximate surface area is 156 Å². The molecule has 1 aromatic rings. The molecule has 3 rings (SSSR count). The van der Waals surface area contributed by atoms with Gasteiger partial charge in [-0.25, -0.2) is 13.2 Å². The van der Waals surface area contributed by atoms with Crippen molar-refractivity contribution in [2.24, 2.45) is 11.8 Å². The summed E-state index contributed by atoms with van der Waals surface area (Å²) in [7, 11) is -3.40. The van der Waals surface area contributed by atoms with Crippen LogP contribution in [0.25, 0.3) is 0 Å². The molecule has 0 bridgehead atoms. The third-order valence-corrected chi connectivity index (χ3v) is 7.48. The molecule has 26 heavy (non-hydrogen) atoms. The predicted molar refractivity (Wildman–Crippen MR) is 101 cm³/mol. The minimum absolute atomic E-state index is 0.0243. The normalized spacial score (nSPS) is 20.9. The fourth-order valence-electron chi connectivity index (χ4n) is 3.65. The van der Waals surface area contributed by atoms with Gasteiger partial charge in [0.1, 0.15) is 0 Å². The van der Waals surface area contributed by atoms with Gasteiger partial charge in [-0.3, -0.25) is 0 Å². The summed E-state index contributed by atoms with van der Waals surface area (Å²) < 4.78 is 26.8. The van der Waals surface area contributed by atoms with Gasteiger partial charge < -0.3 is 10.2 Å². The van der Waals surface area contributed by atoms with Crippen LogP contribution in [0.1, 0.15) is 32.6 Å². The number of amides is 2. The maximum absolute atomic E-state index is 12.6. The Hall–Kier alpha value is -1.60. The van der Waals surface area contributed by atoms with Crippen LogP contribution in [0.5, 0.6) is 0 Å². The Morgan fingerprint density at radius 2 is 1.65 bits per heavy atom. The number of benzene rings is 1. The topological polar surface area (TPSA) is 69.7 Å². The van der Waals surface area contributed by atoms with Crippen LogP contribution in [-0.4, -0.2) is 56.4 Å². The number of likely N-dealkylation sites (tertiary alicyclic amines) is 1. The number of carbonyl (C=O) groups excluding carboxylic acids is 1. The Morgan fingerprint density at radius 1 is 1.04 bits per heavy atom. The molecule has 0 unspecified atom stereocenters. The van der Waals surface area contributed by atoms with E-state index in [9.17, 15) is 13.2 Å². The van der Waals surface area contributed by atoms with E-state index in [4.69, 9.17) is 0 Å². The van der Waals surface area contributed by atoms with Crippen molar-refractivity contribution in [1.29, 1.82) is 0 Å². The fraction of sp³-hybridized carbons (Fsp3) is 0.632. The van der Waals surface area contributed by atoms with E-state index in [1.54, 1.807) is 28.6 Å². The summed E-state index contributed by atoms with van der Waals surface area (Å²) in [6.07, 6.45) is 3.71. The number of nitrogens with one attached hydrogen (secondary N) is 1. The summed E-state index contributed by atoms with van der Waals surface area (Å²) in [6.45, 7) is 5.55. The van der Waals surface area contributed by atoms with Crippen LogP contribution in [-0.2, 0) is 10.0 Å². The smallest absolute Gasteiger partial charge is 0.317 e. The van der Waals surface area contributed by atoms with Crippen molar-refractivity contribution in [2.75, 3.05) is 32.7 Å². The lowest BCUT2D eigenvalue weighted by Crippen LogP contribution is -2.47. The standard InChI is InChI=1S/C19H29N3O3S/c1-16-7-11-21(12-8-16)19(23)20-15-17-9-13-22(14-10-17)26(24,25)18-5-3-2-4-6-18/h2-6,16-17H,7-15H2,1H3,(H,20,23). The van der Waals surface area contributed by atoms with E-state index < -0.39 is 10.0 Å². The van der Waals surface area contributed by atoms with Gasteiger partial charge in [-0.05, 0) is 49.7 Å². The zero-order valence-corrected chi connectivity index (χ0v) is 16.2. The van der Waals surface area contributed by atoms with Gasteiger partial charge in [0, 0.05) is 32.7 Å². The molecule has 7 heteroatoms. The summed E-state index contributed by atoms with van der Waals surface area (Å²) in [5.74, 6) is 1.04. The van der Waals surface area contributed by atoms with Crippen LogP contribution in [0.3, 0.4) is 0 Å².